The van der Waals surface area contributed by atoms with Crippen molar-refractivity contribution in [2.24, 2.45) is 11.1 Å². The summed E-state index contributed by atoms with van der Waals surface area (Å²) in [4.78, 5) is 24.0. The number of carbonyl (C=O) groups is 2. The summed E-state index contributed by atoms with van der Waals surface area (Å²) in [5.41, 5.74) is 15.6. The van der Waals surface area contributed by atoms with Gasteiger partial charge in [0.15, 0.2) is 0 Å². The highest BCUT2D eigenvalue weighted by Gasteiger charge is 2.35. The van der Waals surface area contributed by atoms with Crippen LogP contribution in [-0.4, -0.2) is 11.8 Å². The topological polar surface area (TPSA) is 72.2 Å². The number of hydrogen-bond donors (Lipinski definition) is 2. The third-order valence-electron chi connectivity index (χ3n) is 6.51. The van der Waals surface area contributed by atoms with Crippen LogP contribution >= 0.6 is 0 Å². The second-order valence-corrected chi connectivity index (χ2v) is 9.15. The Morgan fingerprint density at radius 2 is 1.93 bits per heavy atom. The predicted octanol–water partition coefficient (Wildman–Crippen LogP) is 5.41. The maximum atomic E-state index is 12.2. The van der Waals surface area contributed by atoms with Crippen LogP contribution in [0.2, 0.25) is 0 Å². The van der Waals surface area contributed by atoms with E-state index in [0.717, 1.165) is 53.6 Å². The number of fused-ring (bicyclic) bond motifs is 2. The number of benzene rings is 2. The van der Waals surface area contributed by atoms with Gasteiger partial charge in [-0.15, -0.1) is 0 Å². The summed E-state index contributed by atoms with van der Waals surface area (Å²) in [5, 5.41) is 2.89. The van der Waals surface area contributed by atoms with Gasteiger partial charge in [-0.3, -0.25) is 9.59 Å². The highest BCUT2D eigenvalue weighted by molar-refractivity contribution is 6.02. The maximum Gasteiger partial charge on any atom is 0.249 e. The van der Waals surface area contributed by atoms with Crippen LogP contribution in [0.15, 0.2) is 48.6 Å². The molecule has 4 nitrogen and oxygen atoms in total. The molecule has 154 valence electrons. The lowest BCUT2D eigenvalue weighted by Gasteiger charge is -2.31. The molecule has 30 heavy (non-hydrogen) atoms. The first-order valence-corrected chi connectivity index (χ1v) is 10.4. The minimum atomic E-state index is -0.374. The van der Waals surface area contributed by atoms with Crippen LogP contribution in [0, 0.1) is 12.3 Å². The number of anilines is 1. The van der Waals surface area contributed by atoms with Crippen molar-refractivity contribution in [2.45, 2.75) is 46.5 Å². The Hall–Kier alpha value is -3.14. The first kappa shape index (κ1) is 20.1. The highest BCUT2D eigenvalue weighted by atomic mass is 16.1. The Morgan fingerprint density at radius 1 is 1.17 bits per heavy atom. The summed E-state index contributed by atoms with van der Waals surface area (Å²) in [6.07, 6.45) is 5.25. The summed E-state index contributed by atoms with van der Waals surface area (Å²) < 4.78 is 0. The number of rotatable bonds is 4. The van der Waals surface area contributed by atoms with E-state index in [2.05, 4.69) is 31.8 Å². The Balaban J connectivity index is 1.90. The number of allylic oxidation sites excluding steroid dienone is 2. The molecule has 4 rings (SSSR count). The Labute approximate surface area is 177 Å². The number of amides is 2. The van der Waals surface area contributed by atoms with Gasteiger partial charge in [0.2, 0.25) is 11.8 Å². The van der Waals surface area contributed by atoms with Crippen molar-refractivity contribution in [1.82, 2.24) is 0 Å². The van der Waals surface area contributed by atoms with E-state index in [0.29, 0.717) is 5.56 Å². The van der Waals surface area contributed by atoms with Gasteiger partial charge in [0.05, 0.1) is 0 Å². The zero-order chi connectivity index (χ0) is 21.6. The summed E-state index contributed by atoms with van der Waals surface area (Å²) in [6, 6.07) is 9.78. The summed E-state index contributed by atoms with van der Waals surface area (Å²) >= 11 is 0. The van der Waals surface area contributed by atoms with E-state index < -0.39 is 0 Å². The fraction of sp³-hybridized carbons (Fsp3) is 0.308. The molecule has 4 heteroatoms. The Kier molecular flexibility index (Phi) is 4.89. The zero-order valence-electron chi connectivity index (χ0n) is 17.9. The zero-order valence-corrected chi connectivity index (χ0v) is 17.9. The fourth-order valence-corrected chi connectivity index (χ4v) is 4.98. The molecule has 0 saturated heterocycles. The monoisotopic (exact) mass is 400 g/mol. The van der Waals surface area contributed by atoms with Gasteiger partial charge >= 0.3 is 0 Å². The molecule has 0 fully saturated rings. The van der Waals surface area contributed by atoms with Gasteiger partial charge in [-0.25, -0.2) is 0 Å². The molecular formula is C26H28N2O2. The molecule has 2 amide bonds. The molecule has 2 aromatic rings. The van der Waals surface area contributed by atoms with E-state index in [-0.39, 0.29) is 17.2 Å². The maximum absolute atomic E-state index is 12.2. The van der Waals surface area contributed by atoms with Crippen molar-refractivity contribution in [1.29, 1.82) is 0 Å². The van der Waals surface area contributed by atoms with E-state index in [1.807, 2.05) is 31.2 Å². The smallest absolute Gasteiger partial charge is 0.249 e. The molecule has 0 unspecified atom stereocenters. The minimum Gasteiger partial charge on any atom is -0.366 e. The van der Waals surface area contributed by atoms with Crippen molar-refractivity contribution < 1.29 is 9.59 Å². The molecule has 0 aromatic heterocycles. The minimum absolute atomic E-state index is 0.232. The Bertz CT molecular complexity index is 1120. The Morgan fingerprint density at radius 3 is 2.63 bits per heavy atom. The van der Waals surface area contributed by atoms with E-state index in [4.69, 9.17) is 5.73 Å². The predicted molar refractivity (Wildman–Crippen MR) is 122 cm³/mol. The number of primary amides is 1. The van der Waals surface area contributed by atoms with Gasteiger partial charge in [0.1, 0.15) is 0 Å². The highest BCUT2D eigenvalue weighted by Crippen LogP contribution is 2.51. The average molecular weight is 401 g/mol. The van der Waals surface area contributed by atoms with Crippen LogP contribution in [0.1, 0.15) is 60.2 Å². The molecule has 0 radical (unpaired) electrons. The van der Waals surface area contributed by atoms with Crippen LogP contribution in [0.25, 0.3) is 16.7 Å². The van der Waals surface area contributed by atoms with Gasteiger partial charge in [-0.2, -0.15) is 0 Å². The normalized spacial score (nSPS) is 16.6. The summed E-state index contributed by atoms with van der Waals surface area (Å²) in [6.45, 7) is 10.2. The van der Waals surface area contributed by atoms with E-state index in [1.54, 1.807) is 0 Å². The molecular weight excluding hydrogens is 372 g/mol. The van der Waals surface area contributed by atoms with Crippen molar-refractivity contribution >= 4 is 23.1 Å². The van der Waals surface area contributed by atoms with Gasteiger partial charge < -0.3 is 11.1 Å². The molecule has 0 saturated carbocycles. The average Bonchev–Trinajstić information content (AvgIpc) is 3.05. The molecule has 3 N–H and O–H groups in total. The lowest BCUT2D eigenvalue weighted by atomic mass is 9.74. The van der Waals surface area contributed by atoms with Crippen LogP contribution in [0.3, 0.4) is 0 Å². The molecule has 0 aliphatic heterocycles. The molecule has 2 aliphatic rings. The van der Waals surface area contributed by atoms with Crippen LogP contribution in [0.4, 0.5) is 5.69 Å². The van der Waals surface area contributed by atoms with Crippen molar-refractivity contribution in [3.63, 3.8) is 0 Å². The summed E-state index contributed by atoms with van der Waals surface area (Å²) in [5.74, 6) is -0.607. The largest absolute Gasteiger partial charge is 0.366 e. The second kappa shape index (κ2) is 7.28. The molecule has 0 atom stereocenters. The van der Waals surface area contributed by atoms with Gasteiger partial charge in [-0.1, -0.05) is 44.2 Å². The number of carbonyl (C=O) groups excluding carboxylic acids is 2. The molecule has 0 spiro atoms. The van der Waals surface area contributed by atoms with E-state index >= 15 is 0 Å². The van der Waals surface area contributed by atoms with Crippen molar-refractivity contribution in [3.05, 3.63) is 70.8 Å². The van der Waals surface area contributed by atoms with Gasteiger partial charge in [-0.05, 0) is 89.6 Å². The third kappa shape index (κ3) is 3.36. The first-order valence-electron chi connectivity index (χ1n) is 10.4. The lowest BCUT2D eigenvalue weighted by molar-refractivity contribution is -0.111. The first-order chi connectivity index (χ1) is 14.2. The summed E-state index contributed by atoms with van der Waals surface area (Å²) in [7, 11) is 0. The van der Waals surface area contributed by atoms with E-state index in [9.17, 15) is 9.59 Å². The van der Waals surface area contributed by atoms with Crippen molar-refractivity contribution in [2.75, 3.05) is 5.32 Å². The second-order valence-electron chi connectivity index (χ2n) is 9.15. The van der Waals surface area contributed by atoms with Gasteiger partial charge in [0, 0.05) is 11.3 Å². The number of nitrogens with two attached hydrogens (primary N) is 1. The number of nitrogens with one attached hydrogen (secondary N) is 1. The standard InChI is InChI=1S/C26H28N2O2/c1-5-23(29)28-22-8-6-7-17(15(22)2)19-9-10-20(25(27)30)21-13-16-14-26(3,4)12-11-18(16)24(19)21/h5-10H,1,11-14H2,2-4H3,(H2,27,30)(H,28,29). The fourth-order valence-electron chi connectivity index (χ4n) is 4.98. The molecule has 0 heterocycles. The SMILES string of the molecule is C=CC(=O)Nc1cccc(-c2ccc(C(N)=O)c3c2C2=C(C3)CC(C)(C)CC2)c1C. The molecule has 2 aliphatic carbocycles. The molecule has 2 aromatic carbocycles. The lowest BCUT2D eigenvalue weighted by Crippen LogP contribution is -2.17. The van der Waals surface area contributed by atoms with Gasteiger partial charge in [0.25, 0.3) is 0 Å². The third-order valence-corrected chi connectivity index (χ3v) is 6.51. The van der Waals surface area contributed by atoms with Crippen LogP contribution in [-0.2, 0) is 11.2 Å². The van der Waals surface area contributed by atoms with E-state index in [1.165, 1.54) is 22.8 Å². The van der Waals surface area contributed by atoms with Crippen molar-refractivity contribution in [3.8, 4) is 11.1 Å². The quantitative estimate of drug-likeness (QED) is 0.674. The van der Waals surface area contributed by atoms with Crippen LogP contribution < -0.4 is 11.1 Å². The number of hydrogen-bond acceptors (Lipinski definition) is 2. The van der Waals surface area contributed by atoms with Crippen LogP contribution in [0.5, 0.6) is 0 Å². The molecule has 0 bridgehead atoms.